The van der Waals surface area contributed by atoms with E-state index < -0.39 is 27.1 Å². The number of hydrogen-bond donors (Lipinski definition) is 1. The van der Waals surface area contributed by atoms with Gasteiger partial charge in [0, 0.05) is 11.8 Å². The third-order valence-electron chi connectivity index (χ3n) is 4.46. The van der Waals surface area contributed by atoms with Crippen LogP contribution in [0.1, 0.15) is 5.56 Å². The molecular formula is C23H16N4O7. The zero-order valence-electron chi connectivity index (χ0n) is 17.6. The maximum absolute atomic E-state index is 12.5. The number of ether oxygens (including phenoxy) is 2. The molecule has 1 amide bonds. The van der Waals surface area contributed by atoms with Crippen molar-refractivity contribution in [1.29, 1.82) is 5.26 Å². The lowest BCUT2D eigenvalue weighted by Crippen LogP contribution is -2.13. The van der Waals surface area contributed by atoms with Gasteiger partial charge in [0.05, 0.1) is 23.0 Å². The second-order valence-corrected chi connectivity index (χ2v) is 6.69. The molecule has 11 nitrogen and oxygen atoms in total. The van der Waals surface area contributed by atoms with Gasteiger partial charge in [0.1, 0.15) is 23.1 Å². The topological polar surface area (TPSA) is 158 Å². The Balaban J connectivity index is 1.82. The molecule has 0 aliphatic carbocycles. The van der Waals surface area contributed by atoms with Crippen molar-refractivity contribution in [3.8, 4) is 23.3 Å². The van der Waals surface area contributed by atoms with Gasteiger partial charge in [-0.2, -0.15) is 5.26 Å². The molecule has 0 aliphatic heterocycles. The number of nitriles is 1. The van der Waals surface area contributed by atoms with Crippen LogP contribution in [0.15, 0.2) is 72.3 Å². The van der Waals surface area contributed by atoms with Crippen LogP contribution in [-0.4, -0.2) is 22.9 Å². The Morgan fingerprint density at radius 3 is 2.35 bits per heavy atom. The number of nitro benzene ring substituents is 2. The van der Waals surface area contributed by atoms with Gasteiger partial charge >= 0.3 is 5.69 Å². The van der Waals surface area contributed by atoms with E-state index in [2.05, 4.69) is 5.32 Å². The molecule has 0 radical (unpaired) electrons. The van der Waals surface area contributed by atoms with Crippen LogP contribution in [0.25, 0.3) is 6.08 Å². The molecule has 0 unspecified atom stereocenters. The molecule has 0 heterocycles. The second kappa shape index (κ2) is 10.4. The first-order valence-corrected chi connectivity index (χ1v) is 9.58. The Labute approximate surface area is 192 Å². The van der Waals surface area contributed by atoms with Crippen molar-refractivity contribution < 1.29 is 24.1 Å². The fourth-order valence-electron chi connectivity index (χ4n) is 2.83. The van der Waals surface area contributed by atoms with E-state index in [-0.39, 0.29) is 17.1 Å². The molecule has 0 aromatic heterocycles. The van der Waals surface area contributed by atoms with Crippen LogP contribution in [0.3, 0.4) is 0 Å². The maximum atomic E-state index is 12.5. The fourth-order valence-corrected chi connectivity index (χ4v) is 2.83. The summed E-state index contributed by atoms with van der Waals surface area (Å²) in [6.07, 6.45) is 1.33. The predicted octanol–water partition coefficient (Wildman–Crippen LogP) is 4.85. The predicted molar refractivity (Wildman–Crippen MR) is 121 cm³/mol. The highest BCUT2D eigenvalue weighted by molar-refractivity contribution is 6.09. The summed E-state index contributed by atoms with van der Waals surface area (Å²) in [4.78, 5) is 33.2. The van der Waals surface area contributed by atoms with Gasteiger partial charge in [0.2, 0.25) is 5.75 Å². The molecule has 3 aromatic rings. The van der Waals surface area contributed by atoms with Crippen LogP contribution in [0.2, 0.25) is 0 Å². The maximum Gasteiger partial charge on any atom is 0.318 e. The largest absolute Gasteiger partial charge is 0.497 e. The van der Waals surface area contributed by atoms with Gasteiger partial charge in [0.15, 0.2) is 0 Å². The van der Waals surface area contributed by atoms with Crippen molar-refractivity contribution in [2.24, 2.45) is 0 Å². The van der Waals surface area contributed by atoms with Gasteiger partial charge in [-0.25, -0.2) is 0 Å². The number of carbonyl (C=O) groups is 1. The summed E-state index contributed by atoms with van der Waals surface area (Å²) in [5.41, 5.74) is -0.323. The van der Waals surface area contributed by atoms with E-state index in [1.807, 2.05) is 6.07 Å². The average Bonchev–Trinajstić information content (AvgIpc) is 2.83. The molecule has 34 heavy (non-hydrogen) atoms. The van der Waals surface area contributed by atoms with E-state index in [9.17, 15) is 30.3 Å². The van der Waals surface area contributed by atoms with Gasteiger partial charge < -0.3 is 14.8 Å². The van der Waals surface area contributed by atoms with E-state index in [1.165, 1.54) is 25.3 Å². The minimum Gasteiger partial charge on any atom is -0.497 e. The molecule has 0 fully saturated rings. The number of non-ortho nitro benzene ring substituents is 1. The van der Waals surface area contributed by atoms with Crippen LogP contribution < -0.4 is 14.8 Å². The molecule has 0 aliphatic rings. The monoisotopic (exact) mass is 460 g/mol. The lowest BCUT2D eigenvalue weighted by Gasteiger charge is -2.08. The van der Waals surface area contributed by atoms with Gasteiger partial charge in [-0.15, -0.1) is 0 Å². The van der Waals surface area contributed by atoms with Gasteiger partial charge in [-0.05, 0) is 54.1 Å². The molecule has 3 aromatic carbocycles. The minimum absolute atomic E-state index is 0.165. The molecule has 3 rings (SSSR count). The Kier molecular flexibility index (Phi) is 7.15. The smallest absolute Gasteiger partial charge is 0.318 e. The van der Waals surface area contributed by atoms with E-state index in [0.29, 0.717) is 17.0 Å². The molecule has 0 saturated heterocycles. The summed E-state index contributed by atoms with van der Waals surface area (Å²) in [5.74, 6) is -0.0582. The van der Waals surface area contributed by atoms with E-state index in [4.69, 9.17) is 9.47 Å². The Bertz CT molecular complexity index is 1330. The molecule has 0 spiro atoms. The number of amides is 1. The zero-order chi connectivity index (χ0) is 24.7. The molecule has 170 valence electrons. The van der Waals surface area contributed by atoms with Gasteiger partial charge in [0.25, 0.3) is 11.6 Å². The number of hydrogen-bond acceptors (Lipinski definition) is 8. The first-order chi connectivity index (χ1) is 16.3. The normalized spacial score (nSPS) is 10.6. The molecule has 0 atom stereocenters. The Morgan fingerprint density at radius 2 is 1.74 bits per heavy atom. The van der Waals surface area contributed by atoms with Crippen molar-refractivity contribution in [2.45, 2.75) is 0 Å². The summed E-state index contributed by atoms with van der Waals surface area (Å²) in [5, 5.41) is 34.2. The molecule has 0 bridgehead atoms. The lowest BCUT2D eigenvalue weighted by molar-refractivity contribution is -0.394. The highest BCUT2D eigenvalue weighted by Crippen LogP contribution is 2.34. The number of benzene rings is 3. The van der Waals surface area contributed by atoms with Crippen LogP contribution in [0, 0.1) is 31.6 Å². The minimum atomic E-state index is -0.788. The second-order valence-electron chi connectivity index (χ2n) is 6.69. The zero-order valence-corrected chi connectivity index (χ0v) is 17.6. The molecule has 1 N–H and O–H groups in total. The van der Waals surface area contributed by atoms with Crippen LogP contribution in [0.5, 0.6) is 17.2 Å². The number of nitro groups is 2. The highest BCUT2D eigenvalue weighted by atomic mass is 16.6. The van der Waals surface area contributed by atoms with Crippen molar-refractivity contribution in [3.63, 3.8) is 0 Å². The SMILES string of the molecule is COc1ccc(NC(=O)/C(C#N)=C\c2cccc(Oc3ccc([N+](=O)[O-])cc3[N+](=O)[O-])c2)cc1. The summed E-state index contributed by atoms with van der Waals surface area (Å²) < 4.78 is 10.6. The van der Waals surface area contributed by atoms with Gasteiger partial charge in [-0.3, -0.25) is 25.0 Å². The number of anilines is 1. The van der Waals surface area contributed by atoms with E-state index >= 15 is 0 Å². The van der Waals surface area contributed by atoms with Crippen molar-refractivity contribution in [2.75, 3.05) is 12.4 Å². The first-order valence-electron chi connectivity index (χ1n) is 9.58. The lowest BCUT2D eigenvalue weighted by atomic mass is 10.1. The molecular weight excluding hydrogens is 444 g/mol. The van der Waals surface area contributed by atoms with Crippen molar-refractivity contribution >= 4 is 29.0 Å². The number of methoxy groups -OCH3 is 1. The van der Waals surface area contributed by atoms with Crippen LogP contribution in [-0.2, 0) is 4.79 Å². The molecule has 0 saturated carbocycles. The number of nitrogens with zero attached hydrogens (tertiary/aromatic N) is 3. The summed E-state index contributed by atoms with van der Waals surface area (Å²) in [6, 6.07) is 17.5. The summed E-state index contributed by atoms with van der Waals surface area (Å²) in [6.45, 7) is 0. The quantitative estimate of drug-likeness (QED) is 0.216. The first kappa shape index (κ1) is 23.4. The third-order valence-corrected chi connectivity index (χ3v) is 4.46. The van der Waals surface area contributed by atoms with Crippen molar-refractivity contribution in [3.05, 3.63) is 98.1 Å². The van der Waals surface area contributed by atoms with Crippen LogP contribution >= 0.6 is 0 Å². The number of rotatable bonds is 8. The average molecular weight is 460 g/mol. The van der Waals surface area contributed by atoms with E-state index in [1.54, 1.807) is 36.4 Å². The van der Waals surface area contributed by atoms with E-state index in [0.717, 1.165) is 18.2 Å². The van der Waals surface area contributed by atoms with Crippen LogP contribution in [0.4, 0.5) is 17.1 Å². The highest BCUT2D eigenvalue weighted by Gasteiger charge is 2.21. The third kappa shape index (κ3) is 5.71. The molecule has 11 heteroatoms. The fraction of sp³-hybridized carbons (Fsp3) is 0.0435. The summed E-state index contributed by atoms with van der Waals surface area (Å²) in [7, 11) is 1.52. The van der Waals surface area contributed by atoms with Crippen molar-refractivity contribution in [1.82, 2.24) is 0 Å². The number of nitrogens with one attached hydrogen (secondary N) is 1. The van der Waals surface area contributed by atoms with Gasteiger partial charge in [-0.1, -0.05) is 12.1 Å². The summed E-state index contributed by atoms with van der Waals surface area (Å²) >= 11 is 0. The Hall–Kier alpha value is -5.24. The Morgan fingerprint density at radius 1 is 1.00 bits per heavy atom. The number of carbonyl (C=O) groups excluding carboxylic acids is 1. The standard InChI is InChI=1S/C23H16N4O7/c1-33-19-8-5-17(6-9-19)25-23(28)16(14-24)11-15-3-2-4-20(12-15)34-22-10-7-18(26(29)30)13-21(22)27(31)32/h2-13H,1H3,(H,25,28)/b16-11-.